The molecule has 1 aliphatic rings. The fourth-order valence-electron chi connectivity index (χ4n) is 3.01. The minimum absolute atomic E-state index is 0. The van der Waals surface area contributed by atoms with Gasteiger partial charge in [0.25, 0.3) is 0 Å². The molecule has 2 N–H and O–H groups in total. The lowest BCUT2D eigenvalue weighted by atomic mass is 10.1. The summed E-state index contributed by atoms with van der Waals surface area (Å²) in [6.45, 7) is 3.18. The van der Waals surface area contributed by atoms with Crippen LogP contribution in [0.25, 0.3) is 0 Å². The Labute approximate surface area is 170 Å². The number of nitrogens with zero attached hydrogens (tertiary/aromatic N) is 2. The van der Waals surface area contributed by atoms with Crippen molar-refractivity contribution in [3.63, 3.8) is 0 Å². The molecule has 0 atom stereocenters. The maximum atomic E-state index is 13.2. The van der Waals surface area contributed by atoms with Crippen molar-refractivity contribution in [1.29, 1.82) is 0 Å². The SMILES string of the molecule is COc1cccc(N(Cc2ccc(C(=O)O)cc2)C(=O)N2CCNCC2)c1.Cl. The number of carboxylic acids is 1. The van der Waals surface area contributed by atoms with E-state index in [1.54, 1.807) is 36.3 Å². The second kappa shape index (κ2) is 9.96. The number of ether oxygens (including phenoxy) is 1. The zero-order valence-corrected chi connectivity index (χ0v) is 16.4. The van der Waals surface area contributed by atoms with Gasteiger partial charge in [0.15, 0.2) is 0 Å². The average molecular weight is 406 g/mol. The lowest BCUT2D eigenvalue weighted by Crippen LogP contribution is -2.51. The molecule has 8 heteroatoms. The van der Waals surface area contributed by atoms with Crippen molar-refractivity contribution in [1.82, 2.24) is 10.2 Å². The number of piperazine rings is 1. The fourth-order valence-corrected chi connectivity index (χ4v) is 3.01. The first-order valence-corrected chi connectivity index (χ1v) is 8.82. The maximum Gasteiger partial charge on any atom is 0.335 e. The molecule has 0 radical (unpaired) electrons. The first-order valence-electron chi connectivity index (χ1n) is 8.82. The van der Waals surface area contributed by atoms with Gasteiger partial charge in [-0.15, -0.1) is 12.4 Å². The second-order valence-electron chi connectivity index (χ2n) is 6.31. The third-order valence-corrected chi connectivity index (χ3v) is 4.52. The van der Waals surface area contributed by atoms with E-state index in [4.69, 9.17) is 9.84 Å². The predicted octanol–water partition coefficient (Wildman–Crippen LogP) is 2.85. The van der Waals surface area contributed by atoms with E-state index in [-0.39, 0.29) is 24.0 Å². The van der Waals surface area contributed by atoms with Crippen LogP contribution in [0, 0.1) is 0 Å². The summed E-state index contributed by atoms with van der Waals surface area (Å²) in [7, 11) is 1.59. The van der Waals surface area contributed by atoms with Gasteiger partial charge in [-0.25, -0.2) is 9.59 Å². The number of carbonyl (C=O) groups excluding carboxylic acids is 1. The molecular weight excluding hydrogens is 382 g/mol. The monoisotopic (exact) mass is 405 g/mol. The van der Waals surface area contributed by atoms with E-state index in [2.05, 4.69) is 5.32 Å². The molecule has 0 aliphatic carbocycles. The second-order valence-corrected chi connectivity index (χ2v) is 6.31. The summed E-state index contributed by atoms with van der Waals surface area (Å²) in [5.74, 6) is -0.296. The quantitative estimate of drug-likeness (QED) is 0.799. The van der Waals surface area contributed by atoms with Crippen LogP contribution in [-0.4, -0.2) is 55.3 Å². The summed E-state index contributed by atoms with van der Waals surface area (Å²) < 4.78 is 5.30. The van der Waals surface area contributed by atoms with Gasteiger partial charge in [-0.05, 0) is 29.8 Å². The molecule has 150 valence electrons. The van der Waals surface area contributed by atoms with Gasteiger partial charge in [-0.2, -0.15) is 0 Å². The van der Waals surface area contributed by atoms with E-state index < -0.39 is 5.97 Å². The number of hydrogen-bond acceptors (Lipinski definition) is 4. The molecule has 1 fully saturated rings. The molecular formula is C20H24ClN3O4. The molecule has 1 heterocycles. The Bertz CT molecular complexity index is 807. The first-order chi connectivity index (χ1) is 13.1. The summed E-state index contributed by atoms with van der Waals surface area (Å²) in [5, 5.41) is 12.3. The molecule has 3 rings (SSSR count). The zero-order chi connectivity index (χ0) is 19.2. The van der Waals surface area contributed by atoms with Crippen LogP contribution >= 0.6 is 12.4 Å². The van der Waals surface area contributed by atoms with Crippen LogP contribution in [0.5, 0.6) is 5.75 Å². The third kappa shape index (κ3) is 5.15. The van der Waals surface area contributed by atoms with E-state index >= 15 is 0 Å². The highest BCUT2D eigenvalue weighted by atomic mass is 35.5. The van der Waals surface area contributed by atoms with Gasteiger partial charge < -0.3 is 20.1 Å². The predicted molar refractivity (Wildman–Crippen MR) is 110 cm³/mol. The molecule has 0 unspecified atom stereocenters. The van der Waals surface area contributed by atoms with Gasteiger partial charge in [0, 0.05) is 37.9 Å². The minimum atomic E-state index is -0.969. The van der Waals surface area contributed by atoms with Gasteiger partial charge >= 0.3 is 12.0 Å². The molecule has 2 aromatic rings. The fraction of sp³-hybridized carbons (Fsp3) is 0.300. The number of rotatable bonds is 5. The number of hydrogen-bond donors (Lipinski definition) is 2. The van der Waals surface area contributed by atoms with Crippen LogP contribution in [-0.2, 0) is 6.54 Å². The summed E-state index contributed by atoms with van der Waals surface area (Å²) in [6, 6.07) is 13.9. The normalized spacial score (nSPS) is 13.4. The van der Waals surface area contributed by atoms with Gasteiger partial charge in [0.2, 0.25) is 0 Å². The van der Waals surface area contributed by atoms with E-state index in [0.29, 0.717) is 25.4 Å². The topological polar surface area (TPSA) is 82.1 Å². The first kappa shape index (κ1) is 21.5. The van der Waals surface area contributed by atoms with Gasteiger partial charge in [0.1, 0.15) is 5.75 Å². The number of carboxylic acid groups (broad SMARTS) is 1. The van der Waals surface area contributed by atoms with Crippen LogP contribution in [0.1, 0.15) is 15.9 Å². The standard InChI is InChI=1S/C20H23N3O4.ClH/c1-27-18-4-2-3-17(13-18)23(20(26)22-11-9-21-10-12-22)14-15-5-7-16(8-6-15)19(24)25;/h2-8,13,21H,9-12,14H2,1H3,(H,24,25);1H. The number of benzene rings is 2. The number of methoxy groups -OCH3 is 1. The number of urea groups is 1. The third-order valence-electron chi connectivity index (χ3n) is 4.52. The smallest absolute Gasteiger partial charge is 0.335 e. The molecule has 1 aliphatic heterocycles. The van der Waals surface area contributed by atoms with E-state index in [1.165, 1.54) is 0 Å². The molecule has 0 saturated carbocycles. The number of nitrogens with one attached hydrogen (secondary N) is 1. The Morgan fingerprint density at radius 2 is 1.82 bits per heavy atom. The lowest BCUT2D eigenvalue weighted by Gasteiger charge is -2.33. The molecule has 28 heavy (non-hydrogen) atoms. The van der Waals surface area contributed by atoms with Gasteiger partial charge in [0.05, 0.1) is 19.2 Å². The van der Waals surface area contributed by atoms with Crippen LogP contribution in [0.3, 0.4) is 0 Å². The van der Waals surface area contributed by atoms with Crippen LogP contribution in [0.2, 0.25) is 0 Å². The van der Waals surface area contributed by atoms with Crippen molar-refractivity contribution >= 4 is 30.1 Å². The van der Waals surface area contributed by atoms with Crippen molar-refractivity contribution in [2.24, 2.45) is 0 Å². The van der Waals surface area contributed by atoms with Crippen LogP contribution < -0.4 is 15.0 Å². The summed E-state index contributed by atoms with van der Waals surface area (Å²) in [4.78, 5) is 27.7. The van der Waals surface area contributed by atoms with Crippen molar-refractivity contribution < 1.29 is 19.4 Å². The molecule has 0 spiro atoms. The zero-order valence-electron chi connectivity index (χ0n) is 15.6. The van der Waals surface area contributed by atoms with E-state index in [9.17, 15) is 9.59 Å². The van der Waals surface area contributed by atoms with Crippen molar-refractivity contribution in [2.75, 3.05) is 38.2 Å². The Balaban J connectivity index is 0.00000280. The number of aromatic carboxylic acids is 1. The van der Waals surface area contributed by atoms with Crippen molar-refractivity contribution in [2.45, 2.75) is 6.54 Å². The summed E-state index contributed by atoms with van der Waals surface area (Å²) >= 11 is 0. The number of amides is 2. The summed E-state index contributed by atoms with van der Waals surface area (Å²) in [6.07, 6.45) is 0. The average Bonchev–Trinajstić information content (AvgIpc) is 2.72. The van der Waals surface area contributed by atoms with Crippen molar-refractivity contribution in [3.8, 4) is 5.75 Å². The molecule has 1 saturated heterocycles. The Kier molecular flexibility index (Phi) is 7.66. The number of anilines is 1. The van der Waals surface area contributed by atoms with Crippen molar-refractivity contribution in [3.05, 3.63) is 59.7 Å². The minimum Gasteiger partial charge on any atom is -0.497 e. The largest absolute Gasteiger partial charge is 0.497 e. The van der Waals surface area contributed by atoms with Gasteiger partial charge in [-0.1, -0.05) is 18.2 Å². The lowest BCUT2D eigenvalue weighted by molar-refractivity contribution is 0.0697. The van der Waals surface area contributed by atoms with Crippen LogP contribution in [0.15, 0.2) is 48.5 Å². The van der Waals surface area contributed by atoms with Gasteiger partial charge in [-0.3, -0.25) is 4.90 Å². The molecule has 0 aromatic heterocycles. The Morgan fingerprint density at radius 3 is 2.43 bits per heavy atom. The highest BCUT2D eigenvalue weighted by Gasteiger charge is 2.24. The summed E-state index contributed by atoms with van der Waals surface area (Å²) in [5.41, 5.74) is 1.81. The number of halogens is 1. The Hall–Kier alpha value is -2.77. The Morgan fingerprint density at radius 1 is 1.14 bits per heavy atom. The molecule has 2 amide bonds. The van der Waals surface area contributed by atoms with E-state index in [1.807, 2.05) is 29.2 Å². The van der Waals surface area contributed by atoms with E-state index in [0.717, 1.165) is 24.3 Å². The van der Waals surface area contributed by atoms with Crippen LogP contribution in [0.4, 0.5) is 10.5 Å². The molecule has 0 bridgehead atoms. The highest BCUT2D eigenvalue weighted by molar-refractivity contribution is 5.92. The highest BCUT2D eigenvalue weighted by Crippen LogP contribution is 2.24. The molecule has 7 nitrogen and oxygen atoms in total. The maximum absolute atomic E-state index is 13.2. The molecule has 2 aromatic carbocycles. The number of carbonyl (C=O) groups is 2.